The zero-order chi connectivity index (χ0) is 17.6. The van der Waals surface area contributed by atoms with Crippen molar-refractivity contribution >= 4 is 17.7 Å². The quantitative estimate of drug-likeness (QED) is 0.658. The van der Waals surface area contributed by atoms with Crippen LogP contribution >= 0.6 is 11.8 Å². The van der Waals surface area contributed by atoms with Gasteiger partial charge in [0.15, 0.2) is 5.16 Å². The minimum Gasteiger partial charge on any atom is -0.339 e. The SMILES string of the molecule is CC[C@@H]1CCCCN1C(=O)CSc1nc(-c2ccccc2)cc(=O)[nH]1. The maximum Gasteiger partial charge on any atom is 0.252 e. The highest BCUT2D eigenvalue weighted by Gasteiger charge is 2.25. The standard InChI is InChI=1S/C19H23N3O2S/c1-2-15-10-6-7-11-22(15)18(24)13-25-19-20-16(12-17(23)21-19)14-8-4-3-5-9-14/h3-5,8-9,12,15H,2,6-7,10-11,13H2,1H3,(H,20,21,23)/t15-/m1/s1. The molecule has 2 heterocycles. The number of rotatable bonds is 5. The van der Waals surface area contributed by atoms with Crippen molar-refractivity contribution in [2.75, 3.05) is 12.3 Å². The maximum atomic E-state index is 12.6. The van der Waals surface area contributed by atoms with Crippen molar-refractivity contribution in [2.24, 2.45) is 0 Å². The Bertz CT molecular complexity index is 776. The average Bonchev–Trinajstić information content (AvgIpc) is 2.66. The van der Waals surface area contributed by atoms with Crippen molar-refractivity contribution in [1.29, 1.82) is 0 Å². The molecule has 0 aliphatic carbocycles. The molecule has 1 amide bonds. The molecule has 1 saturated heterocycles. The summed E-state index contributed by atoms with van der Waals surface area (Å²) in [7, 11) is 0. The normalized spacial score (nSPS) is 17.5. The molecule has 5 nitrogen and oxygen atoms in total. The molecule has 1 aliphatic heterocycles. The first-order chi connectivity index (χ1) is 12.2. The number of carbonyl (C=O) groups excluding carboxylic acids is 1. The molecule has 0 unspecified atom stereocenters. The third kappa shape index (κ3) is 4.51. The van der Waals surface area contributed by atoms with E-state index in [1.54, 1.807) is 0 Å². The van der Waals surface area contributed by atoms with E-state index in [1.165, 1.54) is 24.2 Å². The topological polar surface area (TPSA) is 66.1 Å². The Hall–Kier alpha value is -2.08. The van der Waals surface area contributed by atoms with E-state index in [-0.39, 0.29) is 11.5 Å². The molecule has 132 valence electrons. The number of benzene rings is 1. The Morgan fingerprint density at radius 1 is 1.32 bits per heavy atom. The second-order valence-corrected chi connectivity index (χ2v) is 7.20. The fourth-order valence-electron chi connectivity index (χ4n) is 3.23. The van der Waals surface area contributed by atoms with Gasteiger partial charge in [-0.1, -0.05) is 49.0 Å². The number of hydrogen-bond donors (Lipinski definition) is 1. The first-order valence-corrected chi connectivity index (χ1v) is 9.75. The molecule has 6 heteroatoms. The van der Waals surface area contributed by atoms with E-state index >= 15 is 0 Å². The number of likely N-dealkylation sites (tertiary alicyclic amines) is 1. The lowest BCUT2D eigenvalue weighted by Crippen LogP contribution is -2.44. The third-order valence-electron chi connectivity index (χ3n) is 4.54. The zero-order valence-electron chi connectivity index (χ0n) is 14.4. The van der Waals surface area contributed by atoms with Crippen LogP contribution in [-0.4, -0.2) is 39.1 Å². The Labute approximate surface area is 151 Å². The molecule has 0 spiro atoms. The summed E-state index contributed by atoms with van der Waals surface area (Å²) in [6.07, 6.45) is 4.36. The third-order valence-corrected chi connectivity index (χ3v) is 5.40. The van der Waals surface area contributed by atoms with Crippen LogP contribution in [0.2, 0.25) is 0 Å². The Kier molecular flexibility index (Phi) is 5.91. The summed E-state index contributed by atoms with van der Waals surface area (Å²) in [5.41, 5.74) is 1.32. The van der Waals surface area contributed by atoms with Crippen LogP contribution in [0.15, 0.2) is 46.3 Å². The number of piperidine rings is 1. The molecular weight excluding hydrogens is 334 g/mol. The lowest BCUT2D eigenvalue weighted by atomic mass is 10.0. The van der Waals surface area contributed by atoms with Gasteiger partial charge in [-0.25, -0.2) is 4.98 Å². The van der Waals surface area contributed by atoms with Gasteiger partial charge in [-0.3, -0.25) is 9.59 Å². The van der Waals surface area contributed by atoms with E-state index < -0.39 is 0 Å². The van der Waals surface area contributed by atoms with Crippen LogP contribution in [-0.2, 0) is 4.79 Å². The van der Waals surface area contributed by atoms with Gasteiger partial charge in [0.2, 0.25) is 5.91 Å². The minimum atomic E-state index is -0.201. The van der Waals surface area contributed by atoms with E-state index in [1.807, 2.05) is 35.2 Å². The van der Waals surface area contributed by atoms with Gasteiger partial charge in [0, 0.05) is 24.2 Å². The van der Waals surface area contributed by atoms with Crippen molar-refractivity contribution in [3.63, 3.8) is 0 Å². The summed E-state index contributed by atoms with van der Waals surface area (Å²) in [5, 5.41) is 0.491. The van der Waals surface area contributed by atoms with E-state index in [4.69, 9.17) is 0 Å². The van der Waals surface area contributed by atoms with Crippen LogP contribution in [0.4, 0.5) is 0 Å². The molecule has 1 aromatic heterocycles. The Balaban J connectivity index is 1.70. The Morgan fingerprint density at radius 2 is 2.12 bits per heavy atom. The van der Waals surface area contributed by atoms with Crippen LogP contribution in [0.5, 0.6) is 0 Å². The Morgan fingerprint density at radius 3 is 2.88 bits per heavy atom. The molecule has 1 aliphatic rings. The van der Waals surface area contributed by atoms with E-state index in [2.05, 4.69) is 16.9 Å². The zero-order valence-corrected chi connectivity index (χ0v) is 15.2. The largest absolute Gasteiger partial charge is 0.339 e. The van der Waals surface area contributed by atoms with Gasteiger partial charge >= 0.3 is 0 Å². The number of hydrogen-bond acceptors (Lipinski definition) is 4. The van der Waals surface area contributed by atoms with Crippen molar-refractivity contribution in [2.45, 2.75) is 43.8 Å². The maximum absolute atomic E-state index is 12.6. The molecule has 25 heavy (non-hydrogen) atoms. The number of amides is 1. The first-order valence-electron chi connectivity index (χ1n) is 8.76. The summed E-state index contributed by atoms with van der Waals surface area (Å²) >= 11 is 1.30. The smallest absolute Gasteiger partial charge is 0.252 e. The fourth-order valence-corrected chi connectivity index (χ4v) is 3.99. The summed E-state index contributed by atoms with van der Waals surface area (Å²) in [4.78, 5) is 33.7. The molecule has 0 bridgehead atoms. The number of nitrogens with zero attached hydrogens (tertiary/aromatic N) is 2. The number of aromatic amines is 1. The average molecular weight is 357 g/mol. The number of thioether (sulfide) groups is 1. The van der Waals surface area contributed by atoms with Crippen molar-refractivity contribution in [3.8, 4) is 11.3 Å². The number of H-pyrrole nitrogens is 1. The monoisotopic (exact) mass is 357 g/mol. The predicted octanol–water partition coefficient (Wildman–Crippen LogP) is 3.32. The highest BCUT2D eigenvalue weighted by molar-refractivity contribution is 7.99. The van der Waals surface area contributed by atoms with Gasteiger partial charge in [0.1, 0.15) is 0 Å². The number of nitrogens with one attached hydrogen (secondary N) is 1. The van der Waals surface area contributed by atoms with Crippen molar-refractivity contribution < 1.29 is 4.79 Å². The van der Waals surface area contributed by atoms with Crippen molar-refractivity contribution in [3.05, 3.63) is 46.8 Å². The summed E-state index contributed by atoms with van der Waals surface area (Å²) in [5.74, 6) is 0.432. The fraction of sp³-hybridized carbons (Fsp3) is 0.421. The number of aromatic nitrogens is 2. The summed E-state index contributed by atoms with van der Waals surface area (Å²) in [6.45, 7) is 2.97. The lowest BCUT2D eigenvalue weighted by molar-refractivity contribution is -0.132. The summed E-state index contributed by atoms with van der Waals surface area (Å²) in [6, 6.07) is 11.4. The van der Waals surface area contributed by atoms with Gasteiger partial charge < -0.3 is 9.88 Å². The van der Waals surface area contributed by atoms with Gasteiger partial charge in [0.25, 0.3) is 5.56 Å². The molecule has 1 N–H and O–H groups in total. The molecule has 1 fully saturated rings. The van der Waals surface area contributed by atoms with Gasteiger partial charge in [-0.05, 0) is 25.7 Å². The lowest BCUT2D eigenvalue weighted by Gasteiger charge is -2.35. The second-order valence-electron chi connectivity index (χ2n) is 6.24. The molecule has 2 aromatic rings. The molecule has 1 atom stereocenters. The van der Waals surface area contributed by atoms with Gasteiger partial charge in [-0.15, -0.1) is 0 Å². The molecule has 0 saturated carbocycles. The van der Waals surface area contributed by atoms with E-state index in [9.17, 15) is 9.59 Å². The molecule has 3 rings (SSSR count). The van der Waals surface area contributed by atoms with Gasteiger partial charge in [0.05, 0.1) is 11.4 Å². The summed E-state index contributed by atoms with van der Waals surface area (Å²) < 4.78 is 0. The molecule has 0 radical (unpaired) electrons. The second kappa shape index (κ2) is 8.34. The van der Waals surface area contributed by atoms with Crippen LogP contribution in [0, 0.1) is 0 Å². The number of carbonyl (C=O) groups is 1. The van der Waals surface area contributed by atoms with Crippen LogP contribution in [0.25, 0.3) is 11.3 Å². The van der Waals surface area contributed by atoms with E-state index in [0.717, 1.165) is 31.4 Å². The molecular formula is C19H23N3O2S. The van der Waals surface area contributed by atoms with E-state index in [0.29, 0.717) is 22.6 Å². The molecule has 1 aromatic carbocycles. The predicted molar refractivity (Wildman–Crippen MR) is 101 cm³/mol. The van der Waals surface area contributed by atoms with Crippen LogP contribution in [0.1, 0.15) is 32.6 Å². The van der Waals surface area contributed by atoms with Gasteiger partial charge in [-0.2, -0.15) is 0 Å². The van der Waals surface area contributed by atoms with Crippen LogP contribution in [0.3, 0.4) is 0 Å². The first kappa shape index (κ1) is 17.7. The highest BCUT2D eigenvalue weighted by Crippen LogP contribution is 2.22. The minimum absolute atomic E-state index is 0.129. The van der Waals surface area contributed by atoms with Crippen molar-refractivity contribution in [1.82, 2.24) is 14.9 Å². The van der Waals surface area contributed by atoms with Crippen LogP contribution < -0.4 is 5.56 Å². The highest BCUT2D eigenvalue weighted by atomic mass is 32.2.